The van der Waals surface area contributed by atoms with Gasteiger partial charge in [-0.3, -0.25) is 0 Å². The summed E-state index contributed by atoms with van der Waals surface area (Å²) in [6, 6.07) is 40.4. The zero-order valence-electron chi connectivity index (χ0n) is 27.2. The topological polar surface area (TPSA) is 62.0 Å². The number of hydrogen-bond donors (Lipinski definition) is 0. The van der Waals surface area contributed by atoms with Gasteiger partial charge in [0.25, 0.3) is 0 Å². The first-order valence-electron chi connectivity index (χ1n) is 17.1. The van der Waals surface area contributed by atoms with Crippen LogP contribution in [-0.4, -0.2) is 38.6 Å². The summed E-state index contributed by atoms with van der Waals surface area (Å²) in [6.07, 6.45) is 7.67. The maximum atomic E-state index is 6.16. The van der Waals surface area contributed by atoms with Crippen LogP contribution in [0.15, 0.2) is 121 Å². The van der Waals surface area contributed by atoms with Crippen LogP contribution in [0.3, 0.4) is 0 Å². The molecule has 2 heterocycles. The fourth-order valence-electron chi connectivity index (χ4n) is 5.59. The van der Waals surface area contributed by atoms with Crippen molar-refractivity contribution in [3.63, 3.8) is 0 Å². The van der Waals surface area contributed by atoms with Crippen molar-refractivity contribution in [2.24, 2.45) is 0 Å². The Morgan fingerprint density at radius 2 is 0.771 bits per heavy atom. The van der Waals surface area contributed by atoms with Crippen LogP contribution in [0.25, 0.3) is 22.3 Å². The Morgan fingerprint density at radius 3 is 1.12 bits per heavy atom. The summed E-state index contributed by atoms with van der Waals surface area (Å²) >= 11 is 0. The molecule has 0 spiro atoms. The van der Waals surface area contributed by atoms with Crippen molar-refractivity contribution in [3.8, 4) is 56.8 Å². The molecule has 0 bridgehead atoms. The van der Waals surface area contributed by atoms with Gasteiger partial charge in [0, 0.05) is 6.07 Å². The number of ether oxygens (including phenoxy) is 6. The molecule has 246 valence electrons. The van der Waals surface area contributed by atoms with E-state index in [4.69, 9.17) is 28.4 Å². The minimum Gasteiger partial charge on any atom is -0.494 e. The molecule has 48 heavy (non-hydrogen) atoms. The molecule has 0 aromatic heterocycles. The molecule has 2 aliphatic heterocycles. The van der Waals surface area contributed by atoms with Crippen LogP contribution in [0.2, 0.25) is 0 Å². The SMILES string of the molecule is c1cc(Oc2ccc(-c3ccc(OCCCCC4CO4)cc3)cc2)cc(Oc2ccc(-c3ccc(OCCCCC4CO4)cc3)cc2)c1. The first kappa shape index (κ1) is 31.8. The van der Waals surface area contributed by atoms with Gasteiger partial charge in [0.2, 0.25) is 0 Å². The van der Waals surface area contributed by atoms with Gasteiger partial charge in [0.05, 0.1) is 38.6 Å². The maximum absolute atomic E-state index is 6.16. The van der Waals surface area contributed by atoms with Gasteiger partial charge >= 0.3 is 0 Å². The standard InChI is InChI=1S/C42H42O6/c1(6-41-29-45-41)3-26-43-35-18-10-31(11-19-35)33-14-22-37(23-15-33)47-39-8-5-9-40(28-39)48-38-24-16-34(17-25-38)32-12-20-36(21-13-32)44-27-4-2-7-42-30-46-42/h5,8-25,28,41-42H,1-4,6-7,26-27,29-30H2. The molecule has 2 fully saturated rings. The van der Waals surface area contributed by atoms with Crippen LogP contribution in [0.1, 0.15) is 38.5 Å². The monoisotopic (exact) mass is 642 g/mol. The van der Waals surface area contributed by atoms with Gasteiger partial charge in [-0.2, -0.15) is 0 Å². The second-order valence-corrected chi connectivity index (χ2v) is 12.4. The highest BCUT2D eigenvalue weighted by Gasteiger charge is 2.21. The predicted octanol–water partition coefficient (Wildman–Crippen LogP) is 10.5. The van der Waals surface area contributed by atoms with E-state index in [0.29, 0.717) is 23.7 Å². The lowest BCUT2D eigenvalue weighted by atomic mass is 10.1. The quantitative estimate of drug-likeness (QED) is 0.0700. The third-order valence-corrected chi connectivity index (χ3v) is 8.54. The van der Waals surface area contributed by atoms with Crippen LogP contribution in [-0.2, 0) is 9.47 Å². The number of hydrogen-bond acceptors (Lipinski definition) is 6. The van der Waals surface area contributed by atoms with Crippen LogP contribution >= 0.6 is 0 Å². The summed E-state index contributed by atoms with van der Waals surface area (Å²) in [5.41, 5.74) is 4.50. The van der Waals surface area contributed by atoms with E-state index in [1.165, 1.54) is 0 Å². The highest BCUT2D eigenvalue weighted by atomic mass is 16.6. The van der Waals surface area contributed by atoms with Crippen molar-refractivity contribution >= 4 is 0 Å². The molecular weight excluding hydrogens is 600 g/mol. The molecule has 7 rings (SSSR count). The second kappa shape index (κ2) is 15.9. The highest BCUT2D eigenvalue weighted by Crippen LogP contribution is 2.32. The lowest BCUT2D eigenvalue weighted by molar-refractivity contribution is 0.299. The lowest BCUT2D eigenvalue weighted by Gasteiger charge is -2.11. The van der Waals surface area contributed by atoms with Gasteiger partial charge in [-0.05, 0) is 121 Å². The fraction of sp³-hybridized carbons (Fsp3) is 0.286. The Balaban J connectivity index is 0.870. The van der Waals surface area contributed by atoms with E-state index in [9.17, 15) is 0 Å². The Bertz CT molecular complexity index is 1580. The van der Waals surface area contributed by atoms with Crippen molar-refractivity contribution in [1.82, 2.24) is 0 Å². The van der Waals surface area contributed by atoms with Gasteiger partial charge in [-0.15, -0.1) is 0 Å². The van der Waals surface area contributed by atoms with Gasteiger partial charge < -0.3 is 28.4 Å². The molecule has 5 aromatic rings. The van der Waals surface area contributed by atoms with E-state index < -0.39 is 0 Å². The summed E-state index contributed by atoms with van der Waals surface area (Å²) in [5.74, 6) is 4.74. The van der Waals surface area contributed by atoms with Gasteiger partial charge in [0.15, 0.2) is 0 Å². The molecule has 5 aromatic carbocycles. The smallest absolute Gasteiger partial charge is 0.131 e. The minimum absolute atomic E-state index is 0.499. The number of benzene rings is 5. The summed E-state index contributed by atoms with van der Waals surface area (Å²) in [4.78, 5) is 0. The van der Waals surface area contributed by atoms with E-state index in [-0.39, 0.29) is 0 Å². The van der Waals surface area contributed by atoms with Gasteiger partial charge in [-0.25, -0.2) is 0 Å². The Labute approximate surface area is 283 Å². The third kappa shape index (κ3) is 9.63. The van der Waals surface area contributed by atoms with E-state index in [1.807, 2.05) is 72.8 Å². The Morgan fingerprint density at radius 1 is 0.417 bits per heavy atom. The van der Waals surface area contributed by atoms with Crippen molar-refractivity contribution < 1.29 is 28.4 Å². The molecule has 0 aliphatic carbocycles. The molecule has 6 heteroatoms. The third-order valence-electron chi connectivity index (χ3n) is 8.54. The summed E-state index contributed by atoms with van der Waals surface area (Å²) < 4.78 is 34.7. The van der Waals surface area contributed by atoms with E-state index in [2.05, 4.69) is 48.5 Å². The normalized spacial score (nSPS) is 16.2. The van der Waals surface area contributed by atoms with Crippen molar-refractivity contribution in [3.05, 3.63) is 121 Å². The summed E-state index contributed by atoms with van der Waals surface area (Å²) in [6.45, 7) is 3.33. The predicted molar refractivity (Wildman–Crippen MR) is 189 cm³/mol. The van der Waals surface area contributed by atoms with Crippen LogP contribution in [0.5, 0.6) is 34.5 Å². The molecule has 0 N–H and O–H groups in total. The van der Waals surface area contributed by atoms with Crippen LogP contribution in [0, 0.1) is 0 Å². The summed E-state index contributed by atoms with van der Waals surface area (Å²) in [7, 11) is 0. The zero-order chi connectivity index (χ0) is 32.4. The van der Waals surface area contributed by atoms with Crippen molar-refractivity contribution in [1.29, 1.82) is 0 Å². The van der Waals surface area contributed by atoms with E-state index >= 15 is 0 Å². The van der Waals surface area contributed by atoms with Crippen molar-refractivity contribution in [2.75, 3.05) is 26.4 Å². The number of rotatable bonds is 18. The fourth-order valence-corrected chi connectivity index (χ4v) is 5.59. The minimum atomic E-state index is 0.499. The first-order chi connectivity index (χ1) is 23.7. The average Bonchev–Trinajstić information content (AvgIpc) is 4.07. The van der Waals surface area contributed by atoms with Gasteiger partial charge in [0.1, 0.15) is 34.5 Å². The molecule has 0 radical (unpaired) electrons. The average molecular weight is 643 g/mol. The molecule has 0 amide bonds. The molecule has 2 atom stereocenters. The van der Waals surface area contributed by atoms with Crippen LogP contribution in [0.4, 0.5) is 0 Å². The summed E-state index contributed by atoms with van der Waals surface area (Å²) in [5, 5.41) is 0. The van der Waals surface area contributed by atoms with E-state index in [0.717, 1.165) is 110 Å². The molecule has 6 nitrogen and oxygen atoms in total. The molecule has 2 saturated heterocycles. The maximum Gasteiger partial charge on any atom is 0.131 e. The molecule has 0 saturated carbocycles. The molecule has 2 unspecified atom stereocenters. The lowest BCUT2D eigenvalue weighted by Crippen LogP contribution is -1.98. The first-order valence-corrected chi connectivity index (χ1v) is 17.1. The highest BCUT2D eigenvalue weighted by molar-refractivity contribution is 5.66. The number of unbranched alkanes of at least 4 members (excludes halogenated alkanes) is 2. The zero-order valence-corrected chi connectivity index (χ0v) is 27.2. The number of epoxide rings is 2. The molecule has 2 aliphatic rings. The van der Waals surface area contributed by atoms with Crippen LogP contribution < -0.4 is 18.9 Å². The largest absolute Gasteiger partial charge is 0.494 e. The molecular formula is C42H42O6. The van der Waals surface area contributed by atoms with E-state index in [1.54, 1.807) is 0 Å². The van der Waals surface area contributed by atoms with Crippen molar-refractivity contribution in [2.45, 2.75) is 50.7 Å². The second-order valence-electron chi connectivity index (χ2n) is 12.4. The van der Waals surface area contributed by atoms with Gasteiger partial charge in [-0.1, -0.05) is 54.6 Å². The Hall–Kier alpha value is -4.78. The Kier molecular flexibility index (Phi) is 10.5.